The lowest BCUT2D eigenvalue weighted by Gasteiger charge is -2.44. The summed E-state index contributed by atoms with van der Waals surface area (Å²) in [5, 5.41) is 0. The Bertz CT molecular complexity index is 1350. The number of alkyl halides is 6. The molecule has 0 saturated carbocycles. The first-order valence-electron chi connectivity index (χ1n) is 13.2. The van der Waals surface area contributed by atoms with E-state index in [-0.39, 0.29) is 16.9 Å². The molecule has 6 nitrogen and oxygen atoms in total. The molecule has 3 aromatic carbocycles. The first-order valence-corrected chi connectivity index (χ1v) is 13.2. The summed E-state index contributed by atoms with van der Waals surface area (Å²) in [7, 11) is 2.55. The molecule has 43 heavy (non-hydrogen) atoms. The molecule has 1 heterocycles. The number of carbonyl (C=O) groups is 2. The molecule has 0 atom stereocenters. The summed E-state index contributed by atoms with van der Waals surface area (Å²) in [6.45, 7) is 0.404. The van der Waals surface area contributed by atoms with Gasteiger partial charge in [0.05, 0.1) is 0 Å². The number of hydrogen-bond acceptors (Lipinski definition) is 6. The van der Waals surface area contributed by atoms with Gasteiger partial charge in [0.2, 0.25) is 5.41 Å². The van der Waals surface area contributed by atoms with E-state index < -0.39 is 54.5 Å². The van der Waals surface area contributed by atoms with E-state index in [2.05, 4.69) is 0 Å². The number of anilines is 2. The highest BCUT2D eigenvalue weighted by Gasteiger charge is 2.62. The second-order valence-electron chi connectivity index (χ2n) is 10.9. The monoisotopic (exact) mass is 608 g/mol. The SMILES string of the molecule is CN(CC(F)(F)F)c1ccc(C(c2ccc(N(C)CC(F)(F)F)cc2)C2(c3ccccc3)C(=O)OC(C)(C)OC2=O)cc1. The van der Waals surface area contributed by atoms with Crippen molar-refractivity contribution < 1.29 is 45.4 Å². The molecule has 0 unspecified atom stereocenters. The zero-order valence-electron chi connectivity index (χ0n) is 23.8. The fourth-order valence-electron chi connectivity index (χ4n) is 5.31. The molecule has 0 spiro atoms. The van der Waals surface area contributed by atoms with Crippen LogP contribution in [-0.4, -0.2) is 57.3 Å². The first kappa shape index (κ1) is 31.7. The maximum atomic E-state index is 14.0. The first-order chi connectivity index (χ1) is 19.9. The van der Waals surface area contributed by atoms with Crippen LogP contribution in [0.4, 0.5) is 37.7 Å². The summed E-state index contributed by atoms with van der Waals surface area (Å²) in [4.78, 5) is 30.0. The number of esters is 2. The summed E-state index contributed by atoms with van der Waals surface area (Å²) in [5.74, 6) is -4.55. The van der Waals surface area contributed by atoms with Crippen molar-refractivity contribution in [2.75, 3.05) is 37.0 Å². The number of halogens is 6. The third kappa shape index (κ3) is 6.89. The molecule has 0 aliphatic carbocycles. The van der Waals surface area contributed by atoms with Gasteiger partial charge in [-0.3, -0.25) is 9.59 Å². The van der Waals surface area contributed by atoms with Crippen LogP contribution in [0.15, 0.2) is 78.9 Å². The standard InChI is InChI=1S/C31H30F6N2O4/c1-28(2)42-26(40)31(27(41)43-28,22-8-6-5-7-9-22)25(20-10-14-23(15-11-20)38(3)18-29(32,33)34)21-12-16-24(17-13-21)39(4)19-30(35,36)37/h5-17,25H,18-19H2,1-4H3. The van der Waals surface area contributed by atoms with E-state index in [1.807, 2.05) is 0 Å². The highest BCUT2D eigenvalue weighted by molar-refractivity contribution is 6.09. The van der Waals surface area contributed by atoms with Crippen molar-refractivity contribution in [1.29, 1.82) is 0 Å². The van der Waals surface area contributed by atoms with Gasteiger partial charge in [-0.05, 0) is 41.0 Å². The van der Waals surface area contributed by atoms with Gasteiger partial charge in [0.15, 0.2) is 0 Å². The number of rotatable bonds is 8. The average molecular weight is 609 g/mol. The Balaban J connectivity index is 1.90. The summed E-state index contributed by atoms with van der Waals surface area (Å²) in [6, 6.07) is 19.8. The van der Waals surface area contributed by atoms with Gasteiger partial charge in [-0.2, -0.15) is 26.3 Å². The predicted molar refractivity (Wildman–Crippen MR) is 148 cm³/mol. The van der Waals surface area contributed by atoms with Crippen LogP contribution in [0.2, 0.25) is 0 Å². The van der Waals surface area contributed by atoms with Gasteiger partial charge < -0.3 is 19.3 Å². The minimum absolute atomic E-state index is 0.229. The minimum Gasteiger partial charge on any atom is -0.422 e. The van der Waals surface area contributed by atoms with Crippen LogP contribution >= 0.6 is 0 Å². The molecule has 0 aromatic heterocycles. The van der Waals surface area contributed by atoms with Gasteiger partial charge in [0, 0.05) is 45.2 Å². The highest BCUT2D eigenvalue weighted by Crippen LogP contribution is 2.49. The predicted octanol–water partition coefficient (Wildman–Crippen LogP) is 6.59. The third-order valence-corrected chi connectivity index (χ3v) is 7.15. The largest absolute Gasteiger partial charge is 0.422 e. The molecular weight excluding hydrogens is 578 g/mol. The van der Waals surface area contributed by atoms with Gasteiger partial charge in [-0.15, -0.1) is 0 Å². The summed E-state index contributed by atoms with van der Waals surface area (Å²) < 4.78 is 89.4. The van der Waals surface area contributed by atoms with E-state index in [9.17, 15) is 35.9 Å². The Kier molecular flexibility index (Phi) is 8.45. The maximum absolute atomic E-state index is 14.0. The number of nitrogens with zero attached hydrogens (tertiary/aromatic N) is 2. The van der Waals surface area contributed by atoms with Crippen molar-refractivity contribution in [3.05, 3.63) is 95.6 Å². The van der Waals surface area contributed by atoms with Crippen molar-refractivity contribution in [2.24, 2.45) is 0 Å². The van der Waals surface area contributed by atoms with E-state index in [0.29, 0.717) is 11.1 Å². The van der Waals surface area contributed by atoms with Crippen molar-refractivity contribution in [2.45, 2.75) is 43.3 Å². The van der Waals surface area contributed by atoms with Crippen molar-refractivity contribution >= 4 is 23.3 Å². The van der Waals surface area contributed by atoms with E-state index in [1.165, 1.54) is 76.5 Å². The number of cyclic esters (lactones) is 2. The molecule has 1 saturated heterocycles. The van der Waals surface area contributed by atoms with Crippen molar-refractivity contribution in [3.63, 3.8) is 0 Å². The van der Waals surface area contributed by atoms with Gasteiger partial charge >= 0.3 is 24.3 Å². The normalized spacial score (nSPS) is 16.4. The molecule has 4 rings (SSSR count). The second kappa shape index (κ2) is 11.5. The second-order valence-corrected chi connectivity index (χ2v) is 10.9. The smallest absolute Gasteiger partial charge is 0.405 e. The van der Waals surface area contributed by atoms with Crippen LogP contribution in [0.1, 0.15) is 36.5 Å². The summed E-state index contributed by atoms with van der Waals surface area (Å²) in [5.41, 5.74) is -0.687. The minimum atomic E-state index is -4.45. The van der Waals surface area contributed by atoms with Gasteiger partial charge in [-0.1, -0.05) is 54.6 Å². The molecule has 3 aromatic rings. The third-order valence-electron chi connectivity index (χ3n) is 7.15. The highest BCUT2D eigenvalue weighted by atomic mass is 19.4. The van der Waals surface area contributed by atoms with Crippen LogP contribution < -0.4 is 9.80 Å². The summed E-state index contributed by atoms with van der Waals surface area (Å²) in [6.07, 6.45) is -8.90. The lowest BCUT2D eigenvalue weighted by Crippen LogP contribution is -2.59. The van der Waals surface area contributed by atoms with E-state index in [0.717, 1.165) is 9.80 Å². The Morgan fingerprint density at radius 3 is 1.37 bits per heavy atom. The van der Waals surface area contributed by atoms with Gasteiger partial charge in [0.25, 0.3) is 5.79 Å². The Morgan fingerprint density at radius 1 is 0.651 bits per heavy atom. The molecule has 1 aliphatic heterocycles. The number of ether oxygens (including phenoxy) is 2. The van der Waals surface area contributed by atoms with Gasteiger partial charge in [0.1, 0.15) is 13.1 Å². The van der Waals surface area contributed by atoms with Crippen molar-refractivity contribution in [1.82, 2.24) is 0 Å². The van der Waals surface area contributed by atoms with Crippen LogP contribution in [0, 0.1) is 0 Å². The van der Waals surface area contributed by atoms with Crippen LogP contribution in [0.5, 0.6) is 0 Å². The lowest BCUT2D eigenvalue weighted by atomic mass is 9.64. The van der Waals surface area contributed by atoms with E-state index in [1.54, 1.807) is 30.3 Å². The Labute approximate surface area is 244 Å². The van der Waals surface area contributed by atoms with Crippen LogP contribution in [-0.2, 0) is 24.5 Å². The fraction of sp³-hybridized carbons (Fsp3) is 0.355. The lowest BCUT2D eigenvalue weighted by molar-refractivity contribution is -0.244. The molecule has 0 amide bonds. The zero-order valence-corrected chi connectivity index (χ0v) is 23.8. The molecule has 1 fully saturated rings. The molecule has 12 heteroatoms. The molecule has 1 aliphatic rings. The zero-order chi connectivity index (χ0) is 31.8. The molecule has 0 N–H and O–H groups in total. The van der Waals surface area contributed by atoms with Crippen LogP contribution in [0.25, 0.3) is 0 Å². The maximum Gasteiger partial charge on any atom is 0.405 e. The number of carbonyl (C=O) groups excluding carboxylic acids is 2. The topological polar surface area (TPSA) is 59.1 Å². The van der Waals surface area contributed by atoms with Crippen LogP contribution in [0.3, 0.4) is 0 Å². The molecular formula is C31H30F6N2O4. The fourth-order valence-corrected chi connectivity index (χ4v) is 5.31. The Hall–Kier alpha value is -4.22. The number of hydrogen-bond donors (Lipinski definition) is 0. The summed E-state index contributed by atoms with van der Waals surface area (Å²) >= 11 is 0. The van der Waals surface area contributed by atoms with E-state index in [4.69, 9.17) is 9.47 Å². The molecule has 0 radical (unpaired) electrons. The van der Waals surface area contributed by atoms with E-state index >= 15 is 0 Å². The quantitative estimate of drug-likeness (QED) is 0.164. The molecule has 230 valence electrons. The molecule has 0 bridgehead atoms. The number of benzene rings is 3. The average Bonchev–Trinajstić information content (AvgIpc) is 2.89. The van der Waals surface area contributed by atoms with Crippen molar-refractivity contribution in [3.8, 4) is 0 Å². The Morgan fingerprint density at radius 2 is 1.02 bits per heavy atom. The van der Waals surface area contributed by atoms with Gasteiger partial charge in [-0.25, -0.2) is 0 Å².